The van der Waals surface area contributed by atoms with E-state index in [2.05, 4.69) is 4.90 Å². The second-order valence-corrected chi connectivity index (χ2v) is 7.27. The fourth-order valence-electron chi connectivity index (χ4n) is 3.92. The minimum atomic E-state index is -0.871. The van der Waals surface area contributed by atoms with Crippen molar-refractivity contribution in [2.45, 2.75) is 37.8 Å². The van der Waals surface area contributed by atoms with Crippen molar-refractivity contribution < 1.29 is 20.1 Å². The molecular weight excluding hydrogens is 342 g/mol. The molecule has 1 aliphatic heterocycles. The summed E-state index contributed by atoms with van der Waals surface area (Å²) in [4.78, 5) is 2.07. The van der Waals surface area contributed by atoms with Crippen molar-refractivity contribution >= 4 is 0 Å². The molecule has 0 aromatic heterocycles. The van der Waals surface area contributed by atoms with Crippen molar-refractivity contribution in [1.82, 2.24) is 4.90 Å². The summed E-state index contributed by atoms with van der Waals surface area (Å²) in [7, 11) is 0. The summed E-state index contributed by atoms with van der Waals surface area (Å²) in [5.74, 6) is -0.241. The molecular formula is C22H29NO4. The van der Waals surface area contributed by atoms with E-state index in [9.17, 15) is 15.3 Å². The Bertz CT molecular complexity index is 681. The fourth-order valence-corrected chi connectivity index (χ4v) is 3.92. The Morgan fingerprint density at radius 1 is 1.04 bits per heavy atom. The van der Waals surface area contributed by atoms with Gasteiger partial charge in [0, 0.05) is 18.5 Å². The third-order valence-electron chi connectivity index (χ3n) is 5.55. The summed E-state index contributed by atoms with van der Waals surface area (Å²) in [5, 5.41) is 30.9. The average molecular weight is 371 g/mol. The van der Waals surface area contributed by atoms with Gasteiger partial charge in [0.05, 0.1) is 38.1 Å². The average Bonchev–Trinajstić information content (AvgIpc) is 2.70. The molecule has 1 heterocycles. The predicted molar refractivity (Wildman–Crippen MR) is 104 cm³/mol. The first-order chi connectivity index (χ1) is 13.1. The Balaban J connectivity index is 1.69. The van der Waals surface area contributed by atoms with Gasteiger partial charge in [-0.05, 0) is 18.1 Å². The van der Waals surface area contributed by atoms with Crippen LogP contribution in [0.25, 0.3) is 0 Å². The molecule has 0 unspecified atom stereocenters. The van der Waals surface area contributed by atoms with Crippen LogP contribution in [0.3, 0.4) is 0 Å². The lowest BCUT2D eigenvalue weighted by atomic mass is 9.84. The van der Waals surface area contributed by atoms with Crippen molar-refractivity contribution in [3.05, 3.63) is 71.8 Å². The van der Waals surface area contributed by atoms with Gasteiger partial charge in [-0.1, -0.05) is 60.7 Å². The Kier molecular flexibility index (Phi) is 6.99. The molecule has 3 N–H and O–H groups in total. The molecule has 2 aromatic carbocycles. The zero-order valence-electron chi connectivity index (χ0n) is 15.7. The molecule has 0 radical (unpaired) electrons. The highest BCUT2D eigenvalue weighted by molar-refractivity contribution is 5.20. The number of rotatable bonds is 7. The van der Waals surface area contributed by atoms with E-state index in [1.54, 1.807) is 0 Å². The van der Waals surface area contributed by atoms with Crippen LogP contribution in [0.1, 0.15) is 24.1 Å². The highest BCUT2D eigenvalue weighted by Gasteiger charge is 2.42. The van der Waals surface area contributed by atoms with Crippen LogP contribution in [-0.4, -0.2) is 58.2 Å². The van der Waals surface area contributed by atoms with E-state index in [1.807, 2.05) is 67.6 Å². The lowest BCUT2D eigenvalue weighted by Crippen LogP contribution is -2.59. The molecule has 0 spiro atoms. The standard InChI is InChI=1S/C22H29NO4/c1-16-19(15-27-14-17-8-4-2-5-9-17)22(26)21(25)12-23(16)20(13-24)18-10-6-3-7-11-18/h2-11,16,19-22,24-26H,12-15H2,1H3/t16-,19+,20-,21+,22-/m0/s1. The normalized spacial score (nSPS) is 27.4. The number of β-amino-alcohol motifs (C(OH)–C–C–N with tert-alkyl or cyclic N) is 1. The Labute approximate surface area is 160 Å². The Morgan fingerprint density at radius 2 is 1.67 bits per heavy atom. The molecule has 27 heavy (non-hydrogen) atoms. The van der Waals surface area contributed by atoms with Gasteiger partial charge in [0.25, 0.3) is 0 Å². The first kappa shape index (κ1) is 20.0. The van der Waals surface area contributed by atoms with Crippen molar-refractivity contribution in [3.8, 4) is 0 Å². The fraction of sp³-hybridized carbons (Fsp3) is 0.455. The van der Waals surface area contributed by atoms with Crippen LogP contribution >= 0.6 is 0 Å². The maximum atomic E-state index is 10.5. The second-order valence-electron chi connectivity index (χ2n) is 7.27. The molecule has 3 rings (SSSR count). The Morgan fingerprint density at radius 3 is 2.30 bits per heavy atom. The van der Waals surface area contributed by atoms with Crippen LogP contribution < -0.4 is 0 Å². The van der Waals surface area contributed by atoms with Crippen LogP contribution in [0.4, 0.5) is 0 Å². The number of aliphatic hydroxyl groups excluding tert-OH is 3. The number of piperidine rings is 1. The number of ether oxygens (including phenoxy) is 1. The predicted octanol–water partition coefficient (Wildman–Crippen LogP) is 1.98. The number of likely N-dealkylation sites (tertiary alicyclic amines) is 1. The van der Waals surface area contributed by atoms with Gasteiger partial charge in [-0.3, -0.25) is 4.90 Å². The highest BCUT2D eigenvalue weighted by Crippen LogP contribution is 2.32. The van der Waals surface area contributed by atoms with E-state index < -0.39 is 12.2 Å². The smallest absolute Gasteiger partial charge is 0.0930 e. The number of hydrogen-bond donors (Lipinski definition) is 3. The summed E-state index contributed by atoms with van der Waals surface area (Å²) in [5.41, 5.74) is 2.07. The van der Waals surface area contributed by atoms with Crippen LogP contribution in [0.2, 0.25) is 0 Å². The van der Waals surface area contributed by atoms with Crippen LogP contribution in [-0.2, 0) is 11.3 Å². The molecule has 146 valence electrons. The van der Waals surface area contributed by atoms with Gasteiger partial charge in [0.2, 0.25) is 0 Å². The van der Waals surface area contributed by atoms with Crippen LogP contribution in [0, 0.1) is 5.92 Å². The van der Waals surface area contributed by atoms with Gasteiger partial charge in [-0.25, -0.2) is 0 Å². The van der Waals surface area contributed by atoms with Gasteiger partial charge in [0.15, 0.2) is 0 Å². The zero-order chi connectivity index (χ0) is 19.2. The van der Waals surface area contributed by atoms with Crippen LogP contribution in [0.5, 0.6) is 0 Å². The molecule has 1 saturated heterocycles. The molecule has 5 nitrogen and oxygen atoms in total. The van der Waals surface area contributed by atoms with Gasteiger partial charge in [-0.15, -0.1) is 0 Å². The minimum absolute atomic E-state index is 0.0449. The zero-order valence-corrected chi connectivity index (χ0v) is 15.7. The summed E-state index contributed by atoms with van der Waals surface area (Å²) in [6, 6.07) is 19.4. The maximum Gasteiger partial charge on any atom is 0.0930 e. The summed E-state index contributed by atoms with van der Waals surface area (Å²) in [6.45, 7) is 3.11. The van der Waals surface area contributed by atoms with E-state index in [-0.39, 0.29) is 24.6 Å². The summed E-state index contributed by atoms with van der Waals surface area (Å²) >= 11 is 0. The molecule has 5 atom stereocenters. The number of benzene rings is 2. The summed E-state index contributed by atoms with van der Waals surface area (Å²) < 4.78 is 5.86. The van der Waals surface area contributed by atoms with Crippen molar-refractivity contribution in [3.63, 3.8) is 0 Å². The molecule has 0 bridgehead atoms. The molecule has 1 aliphatic rings. The van der Waals surface area contributed by atoms with Gasteiger partial charge >= 0.3 is 0 Å². The molecule has 5 heteroatoms. The second kappa shape index (κ2) is 9.44. The first-order valence-electron chi connectivity index (χ1n) is 9.51. The number of nitrogens with zero attached hydrogens (tertiary/aromatic N) is 1. The largest absolute Gasteiger partial charge is 0.394 e. The summed E-state index contributed by atoms with van der Waals surface area (Å²) in [6.07, 6.45) is -1.72. The van der Waals surface area contributed by atoms with E-state index in [4.69, 9.17) is 4.74 Å². The molecule has 2 aromatic rings. The number of aliphatic hydroxyl groups is 3. The topological polar surface area (TPSA) is 73.2 Å². The molecule has 0 amide bonds. The molecule has 1 fully saturated rings. The first-order valence-corrected chi connectivity index (χ1v) is 9.51. The quantitative estimate of drug-likeness (QED) is 0.694. The number of hydrogen-bond acceptors (Lipinski definition) is 5. The van der Waals surface area contributed by atoms with E-state index in [0.717, 1.165) is 11.1 Å². The van der Waals surface area contributed by atoms with Gasteiger partial charge in [0.1, 0.15) is 0 Å². The highest BCUT2D eigenvalue weighted by atomic mass is 16.5. The lowest BCUT2D eigenvalue weighted by molar-refractivity contribution is -0.132. The van der Waals surface area contributed by atoms with Crippen molar-refractivity contribution in [2.24, 2.45) is 5.92 Å². The van der Waals surface area contributed by atoms with Gasteiger partial charge < -0.3 is 20.1 Å². The lowest BCUT2D eigenvalue weighted by Gasteiger charge is -2.47. The van der Waals surface area contributed by atoms with E-state index in [0.29, 0.717) is 19.8 Å². The van der Waals surface area contributed by atoms with Crippen LogP contribution in [0.15, 0.2) is 60.7 Å². The third-order valence-corrected chi connectivity index (χ3v) is 5.55. The van der Waals surface area contributed by atoms with Gasteiger partial charge in [-0.2, -0.15) is 0 Å². The Hall–Kier alpha value is -1.76. The van der Waals surface area contributed by atoms with E-state index in [1.165, 1.54) is 0 Å². The van der Waals surface area contributed by atoms with Crippen molar-refractivity contribution in [2.75, 3.05) is 19.8 Å². The minimum Gasteiger partial charge on any atom is -0.394 e. The molecule has 0 aliphatic carbocycles. The van der Waals surface area contributed by atoms with Crippen molar-refractivity contribution in [1.29, 1.82) is 0 Å². The monoisotopic (exact) mass is 371 g/mol. The van der Waals surface area contributed by atoms with E-state index >= 15 is 0 Å². The maximum absolute atomic E-state index is 10.5. The molecule has 0 saturated carbocycles. The third kappa shape index (κ3) is 4.75. The SMILES string of the molecule is C[C@H]1[C@@H](COCc2ccccc2)[C@H](O)[C@H](O)CN1[C@@H](CO)c1ccccc1.